The van der Waals surface area contributed by atoms with Crippen molar-refractivity contribution in [2.75, 3.05) is 11.1 Å². The van der Waals surface area contributed by atoms with Crippen LogP contribution in [0.5, 0.6) is 0 Å². The Bertz CT molecular complexity index is 1020. The number of nitrogens with one attached hydrogen (secondary N) is 1. The van der Waals surface area contributed by atoms with Crippen LogP contribution in [-0.4, -0.2) is 22.9 Å². The summed E-state index contributed by atoms with van der Waals surface area (Å²) >= 11 is 1.72. The molecule has 7 heteroatoms. The molecule has 1 fully saturated rings. The Balaban J connectivity index is 1.48. The predicted molar refractivity (Wildman–Crippen MR) is 134 cm³/mol. The number of aliphatic hydroxyl groups excluding tert-OH is 1. The maximum Gasteiger partial charge on any atom is 0.221 e. The third-order valence-corrected chi connectivity index (χ3v) is 6.86. The van der Waals surface area contributed by atoms with Crippen molar-refractivity contribution in [2.45, 2.75) is 49.9 Å². The van der Waals surface area contributed by atoms with E-state index in [9.17, 15) is 9.90 Å². The summed E-state index contributed by atoms with van der Waals surface area (Å²) in [6.45, 7) is 2.01. The molecule has 34 heavy (non-hydrogen) atoms. The molecule has 0 bridgehead atoms. The van der Waals surface area contributed by atoms with E-state index in [1.807, 2.05) is 72.8 Å². The van der Waals surface area contributed by atoms with Gasteiger partial charge in [-0.2, -0.15) is 0 Å². The van der Waals surface area contributed by atoms with Crippen molar-refractivity contribution in [3.63, 3.8) is 0 Å². The van der Waals surface area contributed by atoms with E-state index in [-0.39, 0.29) is 24.7 Å². The summed E-state index contributed by atoms with van der Waals surface area (Å²) in [7, 11) is 0. The van der Waals surface area contributed by atoms with Crippen molar-refractivity contribution in [2.24, 2.45) is 5.73 Å². The molecule has 0 saturated carbocycles. The summed E-state index contributed by atoms with van der Waals surface area (Å²) in [6.07, 6.45) is 0.118. The minimum absolute atomic E-state index is 0.0181. The minimum atomic E-state index is -0.476. The third kappa shape index (κ3) is 6.46. The lowest BCUT2D eigenvalue weighted by atomic mass is 10.0. The molecule has 0 aromatic heterocycles. The van der Waals surface area contributed by atoms with Gasteiger partial charge >= 0.3 is 0 Å². The molecule has 1 aliphatic rings. The average Bonchev–Trinajstić information content (AvgIpc) is 2.88. The van der Waals surface area contributed by atoms with Gasteiger partial charge in [0.25, 0.3) is 0 Å². The first kappa shape index (κ1) is 24.4. The first-order valence-corrected chi connectivity index (χ1v) is 12.3. The zero-order chi connectivity index (χ0) is 23.9. The van der Waals surface area contributed by atoms with E-state index in [0.717, 1.165) is 45.0 Å². The van der Waals surface area contributed by atoms with Crippen molar-refractivity contribution in [1.82, 2.24) is 0 Å². The Morgan fingerprint density at radius 1 is 0.971 bits per heavy atom. The molecule has 0 radical (unpaired) electrons. The van der Waals surface area contributed by atoms with Gasteiger partial charge in [-0.25, -0.2) is 0 Å². The molecule has 178 valence electrons. The normalized spacial score (nSPS) is 20.1. The number of carbonyl (C=O) groups is 1. The molecule has 1 amide bonds. The van der Waals surface area contributed by atoms with Gasteiger partial charge in [0.05, 0.1) is 18.8 Å². The molecule has 1 aliphatic heterocycles. The van der Waals surface area contributed by atoms with Gasteiger partial charge in [-0.3, -0.25) is 4.79 Å². The van der Waals surface area contributed by atoms with Crippen molar-refractivity contribution >= 4 is 23.4 Å². The average molecular weight is 479 g/mol. The quantitative estimate of drug-likeness (QED) is 0.397. The summed E-state index contributed by atoms with van der Waals surface area (Å²) in [6, 6.07) is 23.7. The number of carbonyl (C=O) groups excluding carboxylic acids is 1. The number of nitrogens with two attached hydrogens (primary N) is 1. The largest absolute Gasteiger partial charge is 0.392 e. The van der Waals surface area contributed by atoms with Crippen LogP contribution >= 0.6 is 11.8 Å². The zero-order valence-corrected chi connectivity index (χ0v) is 20.0. The number of aliphatic hydroxyl groups is 1. The smallest absolute Gasteiger partial charge is 0.221 e. The summed E-state index contributed by atoms with van der Waals surface area (Å²) in [5.41, 5.74) is 10.5. The third-order valence-electron chi connectivity index (χ3n) is 5.71. The number of thioether (sulfide) groups is 1. The number of hydrogen-bond acceptors (Lipinski definition) is 6. The molecule has 4 rings (SSSR count). The van der Waals surface area contributed by atoms with E-state index in [1.165, 1.54) is 6.92 Å². The van der Waals surface area contributed by atoms with Crippen molar-refractivity contribution in [1.29, 1.82) is 0 Å². The molecule has 0 aliphatic carbocycles. The summed E-state index contributed by atoms with van der Waals surface area (Å²) in [5.74, 6) is 0.686. The second-order valence-corrected chi connectivity index (χ2v) is 9.41. The molecule has 4 N–H and O–H groups in total. The summed E-state index contributed by atoms with van der Waals surface area (Å²) < 4.78 is 12.7. The van der Waals surface area contributed by atoms with E-state index in [2.05, 4.69) is 5.32 Å². The van der Waals surface area contributed by atoms with Crippen LogP contribution in [0.15, 0.2) is 77.7 Å². The molecule has 3 aromatic carbocycles. The number of ether oxygens (including phenoxy) is 2. The van der Waals surface area contributed by atoms with Gasteiger partial charge in [0.15, 0.2) is 6.29 Å². The van der Waals surface area contributed by atoms with Crippen LogP contribution in [-0.2, 0) is 27.4 Å². The monoisotopic (exact) mass is 478 g/mol. The zero-order valence-electron chi connectivity index (χ0n) is 19.1. The van der Waals surface area contributed by atoms with E-state index < -0.39 is 6.29 Å². The van der Waals surface area contributed by atoms with E-state index >= 15 is 0 Å². The number of hydrogen-bond donors (Lipinski definition) is 3. The highest BCUT2D eigenvalue weighted by molar-refractivity contribution is 7.99. The van der Waals surface area contributed by atoms with Crippen LogP contribution in [0.25, 0.3) is 0 Å². The van der Waals surface area contributed by atoms with Crippen molar-refractivity contribution in [3.8, 4) is 0 Å². The van der Waals surface area contributed by atoms with Crippen molar-refractivity contribution < 1.29 is 19.4 Å². The Kier molecular flexibility index (Phi) is 8.37. The molecule has 3 atom stereocenters. The highest BCUT2D eigenvalue weighted by Crippen LogP contribution is 2.39. The fourth-order valence-corrected chi connectivity index (χ4v) is 4.78. The Morgan fingerprint density at radius 2 is 1.62 bits per heavy atom. The highest BCUT2D eigenvalue weighted by atomic mass is 32.2. The van der Waals surface area contributed by atoms with Gasteiger partial charge in [-0.05, 0) is 41.0 Å². The van der Waals surface area contributed by atoms with Gasteiger partial charge in [0, 0.05) is 41.8 Å². The Hall–Kier alpha value is -2.68. The van der Waals surface area contributed by atoms with Crippen LogP contribution in [0.2, 0.25) is 0 Å². The second-order valence-electron chi connectivity index (χ2n) is 8.31. The number of anilines is 1. The Labute approximate surface area is 204 Å². The second kappa shape index (κ2) is 11.6. The number of amides is 1. The molecular weight excluding hydrogens is 448 g/mol. The van der Waals surface area contributed by atoms with Crippen molar-refractivity contribution in [3.05, 3.63) is 95.1 Å². The molecule has 3 aromatic rings. The lowest BCUT2D eigenvalue weighted by molar-refractivity contribution is -0.245. The molecule has 6 nitrogen and oxygen atoms in total. The van der Waals surface area contributed by atoms with Gasteiger partial charge in [0.2, 0.25) is 5.91 Å². The first-order valence-electron chi connectivity index (χ1n) is 11.3. The van der Waals surface area contributed by atoms with E-state index in [4.69, 9.17) is 15.2 Å². The molecule has 1 saturated heterocycles. The van der Waals surface area contributed by atoms with E-state index in [0.29, 0.717) is 6.54 Å². The maximum atomic E-state index is 11.2. The number of benzene rings is 3. The SMILES string of the molecule is CC(=O)Nc1ccc(SC[C@@H]2C[C@H](c3ccc(CO)cc3)O[C@H](c3ccc(CN)cc3)O2)cc1. The highest BCUT2D eigenvalue weighted by Gasteiger charge is 2.32. The van der Waals surface area contributed by atoms with Crippen LogP contribution in [0, 0.1) is 0 Å². The van der Waals surface area contributed by atoms with E-state index in [1.54, 1.807) is 11.8 Å². The van der Waals surface area contributed by atoms with Gasteiger partial charge in [-0.1, -0.05) is 48.5 Å². The molecule has 0 unspecified atom stereocenters. The minimum Gasteiger partial charge on any atom is -0.392 e. The fraction of sp³-hybridized carbons (Fsp3) is 0.296. The first-order chi connectivity index (χ1) is 16.5. The summed E-state index contributed by atoms with van der Waals surface area (Å²) in [4.78, 5) is 12.3. The molecule has 0 spiro atoms. The van der Waals surface area contributed by atoms with Gasteiger partial charge in [-0.15, -0.1) is 11.8 Å². The van der Waals surface area contributed by atoms with Crippen LogP contribution < -0.4 is 11.1 Å². The topological polar surface area (TPSA) is 93.8 Å². The lowest BCUT2D eigenvalue weighted by Gasteiger charge is -2.36. The summed E-state index contributed by atoms with van der Waals surface area (Å²) in [5, 5.41) is 12.2. The fourth-order valence-electron chi connectivity index (χ4n) is 3.86. The lowest BCUT2D eigenvalue weighted by Crippen LogP contribution is -2.31. The maximum absolute atomic E-state index is 11.2. The molecule has 1 heterocycles. The van der Waals surface area contributed by atoms with Gasteiger partial charge < -0.3 is 25.6 Å². The predicted octanol–water partition coefficient (Wildman–Crippen LogP) is 4.93. The number of rotatable bonds is 8. The molecular formula is C27H30N2O4S. The van der Waals surface area contributed by atoms with Crippen LogP contribution in [0.3, 0.4) is 0 Å². The van der Waals surface area contributed by atoms with Gasteiger partial charge in [0.1, 0.15) is 0 Å². The standard InChI is InChI=1S/C27H30N2O4S/c1-18(31)29-23-10-12-25(13-11-23)34-17-24-14-26(21-6-4-20(16-30)5-7-21)33-27(32-24)22-8-2-19(15-28)3-9-22/h2-13,24,26-27,30H,14-17,28H2,1H3,(H,29,31)/t24-,26+,27+/m0/s1. The Morgan fingerprint density at radius 3 is 2.24 bits per heavy atom. The van der Waals surface area contributed by atoms with Crippen LogP contribution in [0.1, 0.15) is 48.0 Å². The van der Waals surface area contributed by atoms with Crippen LogP contribution in [0.4, 0.5) is 5.69 Å².